The highest BCUT2D eigenvalue weighted by Gasteiger charge is 2.37. The van der Waals surface area contributed by atoms with Crippen molar-refractivity contribution < 1.29 is 32.0 Å². The van der Waals surface area contributed by atoms with E-state index in [0.29, 0.717) is 37.3 Å². The molecule has 0 aliphatic carbocycles. The molecule has 1 saturated heterocycles. The van der Waals surface area contributed by atoms with E-state index in [0.717, 1.165) is 12.5 Å². The third-order valence-electron chi connectivity index (χ3n) is 5.86. The van der Waals surface area contributed by atoms with Crippen LogP contribution in [0.3, 0.4) is 0 Å². The molecule has 0 saturated carbocycles. The first-order chi connectivity index (χ1) is 18.4. The summed E-state index contributed by atoms with van der Waals surface area (Å²) in [5.41, 5.74) is -1.06. The molecule has 1 fully saturated rings. The Morgan fingerprint density at radius 2 is 1.87 bits per heavy atom. The summed E-state index contributed by atoms with van der Waals surface area (Å²) in [6.45, 7) is 8.34. The van der Waals surface area contributed by atoms with Crippen molar-refractivity contribution in [3.8, 4) is 29.0 Å². The SMILES string of the molecule is CCCOc1ccc(C#Cc2ccc(-c3noc([C@@H]4CCCN4C(=O)OC(C)(C)C)n3)cc2C(F)(F)F)cc1. The van der Waals surface area contributed by atoms with Gasteiger partial charge >= 0.3 is 12.3 Å². The van der Waals surface area contributed by atoms with Crippen LogP contribution >= 0.6 is 0 Å². The molecule has 7 nitrogen and oxygen atoms in total. The van der Waals surface area contributed by atoms with Crippen molar-refractivity contribution in [1.29, 1.82) is 0 Å². The molecule has 1 atom stereocenters. The molecule has 2 heterocycles. The lowest BCUT2D eigenvalue weighted by Crippen LogP contribution is -2.36. The molecule has 0 N–H and O–H groups in total. The Bertz CT molecular complexity index is 1370. The quantitative estimate of drug-likeness (QED) is 0.323. The number of hydrogen-bond donors (Lipinski definition) is 0. The molecule has 39 heavy (non-hydrogen) atoms. The van der Waals surface area contributed by atoms with Crippen LogP contribution in [0.1, 0.15) is 75.6 Å². The number of carbonyl (C=O) groups is 1. The number of amides is 1. The molecule has 0 unspecified atom stereocenters. The number of hydrogen-bond acceptors (Lipinski definition) is 6. The normalized spacial score (nSPS) is 15.6. The topological polar surface area (TPSA) is 77.7 Å². The highest BCUT2D eigenvalue weighted by Crippen LogP contribution is 2.36. The molecule has 1 aliphatic heterocycles. The van der Waals surface area contributed by atoms with Crippen LogP contribution in [-0.4, -0.2) is 39.9 Å². The van der Waals surface area contributed by atoms with Gasteiger partial charge in [0.25, 0.3) is 0 Å². The Hall–Kier alpha value is -4.00. The van der Waals surface area contributed by atoms with Crippen LogP contribution in [0.5, 0.6) is 5.75 Å². The first-order valence-electron chi connectivity index (χ1n) is 12.7. The predicted molar refractivity (Wildman–Crippen MR) is 138 cm³/mol. The van der Waals surface area contributed by atoms with Crippen molar-refractivity contribution in [2.45, 2.75) is 64.8 Å². The second-order valence-electron chi connectivity index (χ2n) is 10.2. The van der Waals surface area contributed by atoms with Gasteiger partial charge in [-0.3, -0.25) is 4.90 Å². The number of rotatable bonds is 5. The molecule has 0 bridgehead atoms. The maximum absolute atomic E-state index is 14.0. The first kappa shape index (κ1) is 28.0. The fourth-order valence-electron chi connectivity index (χ4n) is 4.07. The van der Waals surface area contributed by atoms with Crippen molar-refractivity contribution in [2.75, 3.05) is 13.2 Å². The third kappa shape index (κ3) is 7.11. The smallest absolute Gasteiger partial charge is 0.417 e. The van der Waals surface area contributed by atoms with Gasteiger partial charge in [0.2, 0.25) is 11.7 Å². The Kier molecular flexibility index (Phi) is 8.19. The summed E-state index contributed by atoms with van der Waals surface area (Å²) < 4.78 is 58.2. The Morgan fingerprint density at radius 1 is 1.13 bits per heavy atom. The van der Waals surface area contributed by atoms with Gasteiger partial charge in [-0.25, -0.2) is 4.79 Å². The van der Waals surface area contributed by atoms with Gasteiger partial charge in [0.1, 0.15) is 17.4 Å². The van der Waals surface area contributed by atoms with Crippen molar-refractivity contribution in [3.05, 3.63) is 65.0 Å². The minimum absolute atomic E-state index is 0.00582. The van der Waals surface area contributed by atoms with E-state index in [1.165, 1.54) is 17.0 Å². The van der Waals surface area contributed by atoms with Crippen LogP contribution in [0, 0.1) is 11.8 Å². The lowest BCUT2D eigenvalue weighted by molar-refractivity contribution is -0.137. The standard InChI is InChI=1S/C29H30F3N3O4/c1-5-17-37-22-14-9-19(10-15-22)8-11-20-12-13-21(18-23(20)29(30,31)32)25-33-26(39-34-25)24-7-6-16-35(24)27(36)38-28(2,3)4/h9-10,12-15,18,24H,5-7,16-17H2,1-4H3/t24-/m0/s1. The van der Waals surface area contributed by atoms with Crippen LogP contribution in [0.15, 0.2) is 47.0 Å². The van der Waals surface area contributed by atoms with Gasteiger partial charge in [0, 0.05) is 23.2 Å². The van der Waals surface area contributed by atoms with E-state index in [2.05, 4.69) is 22.0 Å². The van der Waals surface area contributed by atoms with Crippen molar-refractivity contribution >= 4 is 6.09 Å². The van der Waals surface area contributed by atoms with Gasteiger partial charge in [-0.2, -0.15) is 18.2 Å². The summed E-state index contributed by atoms with van der Waals surface area (Å²) in [5, 5.41) is 3.90. The van der Waals surface area contributed by atoms with Crippen LogP contribution in [0.4, 0.5) is 18.0 Å². The lowest BCUT2D eigenvalue weighted by Gasteiger charge is -2.26. The zero-order valence-electron chi connectivity index (χ0n) is 22.3. The van der Waals surface area contributed by atoms with E-state index in [9.17, 15) is 18.0 Å². The van der Waals surface area contributed by atoms with E-state index < -0.39 is 29.5 Å². The van der Waals surface area contributed by atoms with Gasteiger partial charge in [-0.1, -0.05) is 23.9 Å². The molecule has 0 spiro atoms. The van der Waals surface area contributed by atoms with Crippen LogP contribution in [0.25, 0.3) is 11.4 Å². The molecule has 2 aromatic carbocycles. The number of alkyl halides is 3. The molecule has 1 aromatic heterocycles. The second-order valence-corrected chi connectivity index (χ2v) is 10.2. The lowest BCUT2D eigenvalue weighted by atomic mass is 10.0. The fraction of sp³-hybridized carbons (Fsp3) is 0.414. The van der Waals surface area contributed by atoms with Gasteiger partial charge in [-0.05, 0) is 82.5 Å². The molecular formula is C29H30F3N3O4. The van der Waals surface area contributed by atoms with E-state index >= 15 is 0 Å². The summed E-state index contributed by atoms with van der Waals surface area (Å²) in [6, 6.07) is 10.1. The number of carbonyl (C=O) groups excluding carboxylic acids is 1. The highest BCUT2D eigenvalue weighted by atomic mass is 19.4. The van der Waals surface area contributed by atoms with Crippen LogP contribution < -0.4 is 4.74 Å². The number of aromatic nitrogens is 2. The summed E-state index contributed by atoms with van der Waals surface area (Å²) in [7, 11) is 0. The number of ether oxygens (including phenoxy) is 2. The predicted octanol–water partition coefficient (Wildman–Crippen LogP) is 7.02. The fourth-order valence-corrected chi connectivity index (χ4v) is 4.07. The molecule has 1 amide bonds. The number of halogens is 3. The number of nitrogens with zero attached hydrogens (tertiary/aromatic N) is 3. The van der Waals surface area contributed by atoms with Crippen molar-refractivity contribution in [2.24, 2.45) is 0 Å². The summed E-state index contributed by atoms with van der Waals surface area (Å²) in [6.07, 6.45) is -3.00. The average Bonchev–Trinajstić information content (AvgIpc) is 3.55. The first-order valence-corrected chi connectivity index (χ1v) is 12.7. The maximum Gasteiger partial charge on any atom is 0.417 e. The second kappa shape index (κ2) is 11.4. The number of likely N-dealkylation sites (tertiary alicyclic amines) is 1. The molecule has 4 rings (SSSR count). The Labute approximate surface area is 225 Å². The zero-order valence-corrected chi connectivity index (χ0v) is 22.3. The zero-order chi connectivity index (χ0) is 28.2. The molecular weight excluding hydrogens is 511 g/mol. The molecule has 3 aromatic rings. The largest absolute Gasteiger partial charge is 0.494 e. The molecule has 10 heteroatoms. The van der Waals surface area contributed by atoms with Gasteiger partial charge in [-0.15, -0.1) is 0 Å². The highest BCUT2D eigenvalue weighted by molar-refractivity contribution is 5.69. The van der Waals surface area contributed by atoms with Crippen LogP contribution in [0.2, 0.25) is 0 Å². The van der Waals surface area contributed by atoms with E-state index in [1.807, 2.05) is 6.92 Å². The van der Waals surface area contributed by atoms with Crippen molar-refractivity contribution in [1.82, 2.24) is 15.0 Å². The molecule has 1 aliphatic rings. The van der Waals surface area contributed by atoms with Crippen LogP contribution in [-0.2, 0) is 10.9 Å². The summed E-state index contributed by atoms with van der Waals surface area (Å²) >= 11 is 0. The Morgan fingerprint density at radius 3 is 2.54 bits per heavy atom. The molecule has 0 radical (unpaired) electrons. The van der Waals surface area contributed by atoms with Gasteiger partial charge in [0.15, 0.2) is 0 Å². The maximum atomic E-state index is 14.0. The summed E-state index contributed by atoms with van der Waals surface area (Å²) in [4.78, 5) is 18.4. The van der Waals surface area contributed by atoms with E-state index in [1.54, 1.807) is 45.0 Å². The van der Waals surface area contributed by atoms with E-state index in [-0.39, 0.29) is 22.8 Å². The van der Waals surface area contributed by atoms with Gasteiger partial charge < -0.3 is 14.0 Å². The summed E-state index contributed by atoms with van der Waals surface area (Å²) in [5.74, 6) is 6.23. The average molecular weight is 542 g/mol. The monoisotopic (exact) mass is 541 g/mol. The van der Waals surface area contributed by atoms with E-state index in [4.69, 9.17) is 14.0 Å². The minimum atomic E-state index is -4.65. The number of benzene rings is 2. The third-order valence-corrected chi connectivity index (χ3v) is 5.86. The van der Waals surface area contributed by atoms with Crippen molar-refractivity contribution in [3.63, 3.8) is 0 Å². The molecule has 206 valence electrons. The minimum Gasteiger partial charge on any atom is -0.494 e. The Balaban J connectivity index is 1.57. The van der Waals surface area contributed by atoms with Gasteiger partial charge in [0.05, 0.1) is 12.2 Å².